The molecule has 1 N–H and O–H groups in total. The Morgan fingerprint density at radius 2 is 2.00 bits per heavy atom. The molecule has 1 aromatic heterocycles. The first-order valence-corrected chi connectivity index (χ1v) is 10.2. The smallest absolute Gasteiger partial charge is 0.337 e. The molecule has 1 amide bonds. The molecule has 1 unspecified atom stereocenters. The van der Waals surface area contributed by atoms with Gasteiger partial charge in [0.05, 0.1) is 28.1 Å². The van der Waals surface area contributed by atoms with Crippen LogP contribution in [0.5, 0.6) is 0 Å². The number of nitrogens with zero attached hydrogens (tertiary/aromatic N) is 1. The molecule has 8 heteroatoms. The monoisotopic (exact) mass is 420 g/mol. The van der Waals surface area contributed by atoms with Gasteiger partial charge >= 0.3 is 5.97 Å². The van der Waals surface area contributed by atoms with E-state index in [2.05, 4.69) is 15.0 Å². The van der Waals surface area contributed by atoms with Gasteiger partial charge in [-0.15, -0.1) is 11.3 Å². The summed E-state index contributed by atoms with van der Waals surface area (Å²) >= 11 is 8.95. The normalized spacial score (nSPS) is 12.0. The Hall–Kier alpha value is -2.09. The second-order valence-corrected chi connectivity index (χ2v) is 8.81. The van der Waals surface area contributed by atoms with Crippen LogP contribution in [0.25, 0.3) is 10.2 Å². The van der Waals surface area contributed by atoms with Crippen molar-refractivity contribution >= 4 is 56.8 Å². The maximum absolute atomic E-state index is 12.4. The number of ether oxygens (including phenoxy) is 1. The number of carbonyl (C=O) groups excluding carboxylic acids is 2. The van der Waals surface area contributed by atoms with E-state index in [0.717, 1.165) is 20.1 Å². The lowest BCUT2D eigenvalue weighted by Gasteiger charge is -2.10. The Labute approximate surface area is 170 Å². The number of thiazole rings is 1. The van der Waals surface area contributed by atoms with Crippen LogP contribution >= 0.6 is 34.7 Å². The topological polar surface area (TPSA) is 68.3 Å². The largest absolute Gasteiger partial charge is 0.465 e. The second kappa shape index (κ2) is 8.73. The van der Waals surface area contributed by atoms with Crippen molar-refractivity contribution in [3.8, 4) is 0 Å². The van der Waals surface area contributed by atoms with Gasteiger partial charge in [-0.3, -0.25) is 4.79 Å². The Bertz CT molecular complexity index is 973. The molecule has 2 aromatic carbocycles. The number of esters is 1. The van der Waals surface area contributed by atoms with Crippen LogP contribution in [0.1, 0.15) is 22.8 Å². The number of halogens is 1. The van der Waals surface area contributed by atoms with Gasteiger partial charge in [0, 0.05) is 11.6 Å². The molecular weight excluding hydrogens is 404 g/mol. The zero-order valence-corrected chi connectivity index (χ0v) is 17.1. The third-order valence-corrected chi connectivity index (χ3v) is 6.28. The van der Waals surface area contributed by atoms with Gasteiger partial charge in [-0.1, -0.05) is 35.5 Å². The first-order chi connectivity index (χ1) is 13.0. The predicted molar refractivity (Wildman–Crippen MR) is 110 cm³/mol. The third-order valence-electron chi connectivity index (χ3n) is 3.82. The Morgan fingerprint density at radius 3 is 2.70 bits per heavy atom. The molecule has 0 saturated heterocycles. The lowest BCUT2D eigenvalue weighted by Crippen LogP contribution is -2.30. The molecule has 0 radical (unpaired) electrons. The van der Waals surface area contributed by atoms with Crippen LogP contribution in [0.4, 0.5) is 0 Å². The van der Waals surface area contributed by atoms with Crippen LogP contribution in [0.15, 0.2) is 46.8 Å². The number of rotatable bonds is 6. The lowest BCUT2D eigenvalue weighted by atomic mass is 10.1. The van der Waals surface area contributed by atoms with E-state index in [1.165, 1.54) is 18.9 Å². The van der Waals surface area contributed by atoms with Gasteiger partial charge in [-0.05, 0) is 42.8 Å². The van der Waals surface area contributed by atoms with Crippen molar-refractivity contribution in [3.05, 3.63) is 58.6 Å². The second-order valence-electron chi connectivity index (χ2n) is 5.76. The molecule has 27 heavy (non-hydrogen) atoms. The minimum absolute atomic E-state index is 0.0747. The SMILES string of the molecule is COC(=O)c1ccc(CNC(=O)C(C)Sc2nc3cc(Cl)ccc3s2)cc1. The molecule has 0 aliphatic heterocycles. The zero-order valence-electron chi connectivity index (χ0n) is 14.7. The van der Waals surface area contributed by atoms with Crippen LogP contribution in [0.2, 0.25) is 5.02 Å². The number of amides is 1. The number of thioether (sulfide) groups is 1. The molecule has 1 heterocycles. The first kappa shape index (κ1) is 19.7. The highest BCUT2D eigenvalue weighted by molar-refractivity contribution is 8.02. The van der Waals surface area contributed by atoms with Gasteiger partial charge in [0.1, 0.15) is 0 Å². The average Bonchev–Trinajstić information content (AvgIpc) is 3.07. The van der Waals surface area contributed by atoms with Gasteiger partial charge in [0.25, 0.3) is 0 Å². The van der Waals surface area contributed by atoms with E-state index < -0.39 is 0 Å². The minimum atomic E-state index is -0.382. The first-order valence-electron chi connectivity index (χ1n) is 8.14. The highest BCUT2D eigenvalue weighted by Gasteiger charge is 2.17. The fourth-order valence-corrected chi connectivity index (χ4v) is 4.73. The summed E-state index contributed by atoms with van der Waals surface area (Å²) in [6.07, 6.45) is 0. The summed E-state index contributed by atoms with van der Waals surface area (Å²) in [6.45, 7) is 2.24. The molecule has 5 nitrogen and oxygen atoms in total. The lowest BCUT2D eigenvalue weighted by molar-refractivity contribution is -0.120. The quantitative estimate of drug-likeness (QED) is 0.468. The molecule has 0 bridgehead atoms. The molecular formula is C19H17ClN2O3S2. The van der Waals surface area contributed by atoms with E-state index in [1.807, 2.05) is 25.1 Å². The van der Waals surface area contributed by atoms with Gasteiger partial charge < -0.3 is 10.1 Å². The van der Waals surface area contributed by atoms with Crippen LogP contribution in [-0.4, -0.2) is 29.2 Å². The van der Waals surface area contributed by atoms with Crippen molar-refractivity contribution in [2.24, 2.45) is 0 Å². The molecule has 0 spiro atoms. The van der Waals surface area contributed by atoms with E-state index in [-0.39, 0.29) is 17.1 Å². The van der Waals surface area contributed by atoms with E-state index in [1.54, 1.807) is 35.6 Å². The third kappa shape index (κ3) is 5.00. The summed E-state index contributed by atoms with van der Waals surface area (Å²) < 4.78 is 6.54. The number of benzene rings is 2. The number of aromatic nitrogens is 1. The van der Waals surface area contributed by atoms with Crippen LogP contribution in [-0.2, 0) is 16.1 Å². The predicted octanol–water partition coefficient (Wildman–Crippen LogP) is 4.53. The van der Waals surface area contributed by atoms with Gasteiger partial charge in [0.15, 0.2) is 4.34 Å². The number of nitrogens with one attached hydrogen (secondary N) is 1. The van der Waals surface area contributed by atoms with E-state index in [9.17, 15) is 9.59 Å². The minimum Gasteiger partial charge on any atom is -0.465 e. The summed E-state index contributed by atoms with van der Waals surface area (Å²) in [7, 11) is 1.34. The number of fused-ring (bicyclic) bond motifs is 1. The fourth-order valence-electron chi connectivity index (χ4n) is 2.34. The molecule has 0 aliphatic carbocycles. The highest BCUT2D eigenvalue weighted by Crippen LogP contribution is 2.33. The summed E-state index contributed by atoms with van der Waals surface area (Å²) in [4.78, 5) is 28.3. The number of hydrogen-bond donors (Lipinski definition) is 1. The highest BCUT2D eigenvalue weighted by atomic mass is 35.5. The maximum atomic E-state index is 12.4. The van der Waals surface area contributed by atoms with E-state index in [4.69, 9.17) is 11.6 Å². The standard InChI is InChI=1S/C19H17ClN2O3S2/c1-11(26-19-22-15-9-14(20)7-8-16(15)27-19)17(23)21-10-12-3-5-13(6-4-12)18(24)25-2/h3-9,11H,10H2,1-2H3,(H,21,23). The molecule has 140 valence electrons. The van der Waals surface area contributed by atoms with Crippen LogP contribution in [0, 0.1) is 0 Å². The van der Waals surface area contributed by atoms with Crippen LogP contribution in [0.3, 0.4) is 0 Å². The van der Waals surface area contributed by atoms with Crippen molar-refractivity contribution < 1.29 is 14.3 Å². The maximum Gasteiger partial charge on any atom is 0.337 e. The molecule has 0 aliphatic rings. The molecule has 0 fully saturated rings. The molecule has 3 rings (SSSR count). The van der Waals surface area contributed by atoms with Crippen molar-refractivity contribution in [1.82, 2.24) is 10.3 Å². The molecule has 3 aromatic rings. The Kier molecular flexibility index (Phi) is 6.36. The van der Waals surface area contributed by atoms with Gasteiger partial charge in [-0.2, -0.15) is 0 Å². The fraction of sp³-hybridized carbons (Fsp3) is 0.211. The van der Waals surface area contributed by atoms with Crippen LogP contribution < -0.4 is 5.32 Å². The van der Waals surface area contributed by atoms with Gasteiger partial charge in [-0.25, -0.2) is 9.78 Å². The van der Waals surface area contributed by atoms with Crippen molar-refractivity contribution in [1.29, 1.82) is 0 Å². The van der Waals surface area contributed by atoms with Crippen molar-refractivity contribution in [2.75, 3.05) is 7.11 Å². The Morgan fingerprint density at radius 1 is 1.26 bits per heavy atom. The van der Waals surface area contributed by atoms with E-state index in [0.29, 0.717) is 17.1 Å². The summed E-state index contributed by atoms with van der Waals surface area (Å²) in [5, 5.41) is 3.27. The number of carbonyl (C=O) groups is 2. The van der Waals surface area contributed by atoms with Crippen molar-refractivity contribution in [3.63, 3.8) is 0 Å². The Balaban J connectivity index is 1.56. The number of hydrogen-bond acceptors (Lipinski definition) is 6. The van der Waals surface area contributed by atoms with Gasteiger partial charge in [0.2, 0.25) is 5.91 Å². The summed E-state index contributed by atoms with van der Waals surface area (Å²) in [5.74, 6) is -0.456. The molecule has 1 atom stereocenters. The average molecular weight is 421 g/mol. The summed E-state index contributed by atoms with van der Waals surface area (Å²) in [5.41, 5.74) is 2.23. The zero-order chi connectivity index (χ0) is 19.4. The summed E-state index contributed by atoms with van der Waals surface area (Å²) in [6, 6.07) is 12.5. The van der Waals surface area contributed by atoms with Crippen molar-refractivity contribution in [2.45, 2.75) is 23.1 Å². The number of methoxy groups -OCH3 is 1. The molecule has 0 saturated carbocycles. The van der Waals surface area contributed by atoms with E-state index >= 15 is 0 Å².